The van der Waals surface area contributed by atoms with Gasteiger partial charge in [-0.2, -0.15) is 0 Å². The molecule has 0 unspecified atom stereocenters. The number of nitrogens with zero attached hydrogens (tertiary/aromatic N) is 3. The highest BCUT2D eigenvalue weighted by Gasteiger charge is 2.33. The Morgan fingerprint density at radius 1 is 1.50 bits per heavy atom. The number of anilines is 1. The van der Waals surface area contributed by atoms with E-state index in [1.165, 1.54) is 0 Å². The summed E-state index contributed by atoms with van der Waals surface area (Å²) < 4.78 is 2.13. The summed E-state index contributed by atoms with van der Waals surface area (Å²) in [4.78, 5) is 7.84. The van der Waals surface area contributed by atoms with Crippen LogP contribution in [0.2, 0.25) is 0 Å². The third-order valence-corrected chi connectivity index (χ3v) is 4.87. The highest BCUT2D eigenvalue weighted by atomic mass is 32.1. The average Bonchev–Trinajstić information content (AvgIpc) is 3.07. The van der Waals surface area contributed by atoms with E-state index in [9.17, 15) is 5.11 Å². The summed E-state index contributed by atoms with van der Waals surface area (Å²) in [6, 6.07) is 0. The molecular weight excluding hydrogens is 272 g/mol. The highest BCUT2D eigenvalue weighted by Crippen LogP contribution is 2.32. The Balaban J connectivity index is 1.88. The summed E-state index contributed by atoms with van der Waals surface area (Å²) in [6.07, 6.45) is 6.13. The second-order valence-electron chi connectivity index (χ2n) is 5.76. The Morgan fingerprint density at radius 3 is 2.95 bits per heavy atom. The van der Waals surface area contributed by atoms with E-state index in [0.717, 1.165) is 48.7 Å². The van der Waals surface area contributed by atoms with E-state index in [2.05, 4.69) is 26.2 Å². The Labute approximate surface area is 123 Å². The van der Waals surface area contributed by atoms with Crippen molar-refractivity contribution in [3.05, 3.63) is 17.3 Å². The number of hydrogen-bond acceptors (Lipinski definition) is 5. The van der Waals surface area contributed by atoms with Gasteiger partial charge >= 0.3 is 0 Å². The third kappa shape index (κ3) is 2.43. The number of thiazole rings is 1. The topological polar surface area (TPSA) is 52.8 Å². The number of fused-ring (bicyclic) bond motifs is 1. The number of hydrogen-bond donors (Lipinski definition) is 2. The largest absolute Gasteiger partial charge is 0.388 e. The van der Waals surface area contributed by atoms with Crippen molar-refractivity contribution < 1.29 is 5.11 Å². The van der Waals surface area contributed by atoms with Crippen LogP contribution in [-0.4, -0.2) is 40.7 Å². The van der Waals surface area contributed by atoms with Crippen LogP contribution < -0.4 is 10.2 Å². The van der Waals surface area contributed by atoms with Gasteiger partial charge in [-0.25, -0.2) is 4.98 Å². The number of rotatable bonds is 5. The van der Waals surface area contributed by atoms with Crippen molar-refractivity contribution in [1.82, 2.24) is 14.7 Å². The normalized spacial score (nSPS) is 17.9. The highest BCUT2D eigenvalue weighted by molar-refractivity contribution is 7.15. The predicted octanol–water partition coefficient (Wildman–Crippen LogP) is 1.86. The van der Waals surface area contributed by atoms with Crippen LogP contribution in [-0.2, 0) is 6.54 Å². The van der Waals surface area contributed by atoms with E-state index in [-0.39, 0.29) is 0 Å². The molecule has 1 fully saturated rings. The first-order chi connectivity index (χ1) is 9.63. The molecule has 2 aromatic rings. The van der Waals surface area contributed by atoms with E-state index in [0.29, 0.717) is 6.54 Å². The van der Waals surface area contributed by atoms with Gasteiger partial charge in [0.15, 0.2) is 10.8 Å². The van der Waals surface area contributed by atoms with Crippen molar-refractivity contribution in [3.63, 3.8) is 0 Å². The standard InChI is InChI=1S/C14H22N4OS/c1-15-9-11-12(16-13-18(11)7-8-20-13)17(2)10-14(19)5-3-4-6-14/h7-8,15,19H,3-6,9-10H2,1-2H3. The molecule has 5 nitrogen and oxygen atoms in total. The predicted molar refractivity (Wildman–Crippen MR) is 82.5 cm³/mol. The lowest BCUT2D eigenvalue weighted by Gasteiger charge is -2.29. The molecule has 1 aliphatic carbocycles. The molecule has 1 saturated carbocycles. The van der Waals surface area contributed by atoms with E-state index >= 15 is 0 Å². The van der Waals surface area contributed by atoms with Crippen LogP contribution in [0.25, 0.3) is 4.96 Å². The molecule has 0 bridgehead atoms. The second-order valence-corrected chi connectivity index (χ2v) is 6.63. The van der Waals surface area contributed by atoms with Gasteiger partial charge in [-0.1, -0.05) is 12.8 Å². The van der Waals surface area contributed by atoms with Crippen LogP contribution >= 0.6 is 11.3 Å². The van der Waals surface area contributed by atoms with E-state index in [4.69, 9.17) is 4.98 Å². The molecule has 0 aliphatic heterocycles. The smallest absolute Gasteiger partial charge is 0.195 e. The van der Waals surface area contributed by atoms with Gasteiger partial charge < -0.3 is 15.3 Å². The zero-order valence-corrected chi connectivity index (χ0v) is 12.9. The number of nitrogens with one attached hydrogen (secondary N) is 1. The maximum Gasteiger partial charge on any atom is 0.195 e. The summed E-state index contributed by atoms with van der Waals surface area (Å²) >= 11 is 1.64. The maximum absolute atomic E-state index is 10.6. The van der Waals surface area contributed by atoms with Gasteiger partial charge in [-0.15, -0.1) is 11.3 Å². The van der Waals surface area contributed by atoms with Gasteiger partial charge in [0.1, 0.15) is 0 Å². The number of imidazole rings is 1. The number of aromatic nitrogens is 2. The zero-order valence-electron chi connectivity index (χ0n) is 12.1. The Morgan fingerprint density at radius 2 is 2.25 bits per heavy atom. The molecule has 1 aliphatic rings. The van der Waals surface area contributed by atoms with Crippen LogP contribution in [0, 0.1) is 0 Å². The minimum atomic E-state index is -0.539. The first kappa shape index (κ1) is 13.9. The summed E-state index contributed by atoms with van der Waals surface area (Å²) in [5.41, 5.74) is 0.621. The lowest BCUT2D eigenvalue weighted by Crippen LogP contribution is -2.39. The zero-order chi connectivity index (χ0) is 14.2. The third-order valence-electron chi connectivity index (χ3n) is 4.11. The molecule has 2 N–H and O–H groups in total. The molecule has 0 radical (unpaired) electrons. The number of aliphatic hydroxyl groups is 1. The van der Waals surface area contributed by atoms with Crippen LogP contribution in [0.1, 0.15) is 31.4 Å². The first-order valence-corrected chi connectivity index (χ1v) is 8.03. The summed E-state index contributed by atoms with van der Waals surface area (Å²) in [5.74, 6) is 0.978. The SMILES string of the molecule is CNCc1c(N(C)CC2(O)CCCC2)nc2sccn12. The summed E-state index contributed by atoms with van der Waals surface area (Å²) in [6.45, 7) is 1.44. The van der Waals surface area contributed by atoms with Crippen molar-refractivity contribution in [3.8, 4) is 0 Å². The summed E-state index contributed by atoms with van der Waals surface area (Å²) in [7, 11) is 3.97. The average molecular weight is 294 g/mol. The summed E-state index contributed by atoms with van der Waals surface area (Å²) in [5, 5.41) is 15.8. The van der Waals surface area contributed by atoms with Gasteiger partial charge in [0.25, 0.3) is 0 Å². The van der Waals surface area contributed by atoms with Crippen LogP contribution in [0.3, 0.4) is 0 Å². The van der Waals surface area contributed by atoms with Gasteiger partial charge in [-0.05, 0) is 19.9 Å². The van der Waals surface area contributed by atoms with Crippen LogP contribution in [0.4, 0.5) is 5.82 Å². The molecule has 2 aromatic heterocycles. The quantitative estimate of drug-likeness (QED) is 0.884. The maximum atomic E-state index is 10.6. The molecule has 0 amide bonds. The van der Waals surface area contributed by atoms with Crippen LogP contribution in [0.15, 0.2) is 11.6 Å². The molecule has 3 rings (SSSR count). The number of likely N-dealkylation sites (N-methyl/N-ethyl adjacent to an activating group) is 1. The fourth-order valence-electron chi connectivity index (χ4n) is 3.17. The first-order valence-electron chi connectivity index (χ1n) is 7.15. The monoisotopic (exact) mass is 294 g/mol. The molecular formula is C14H22N4OS. The van der Waals surface area contributed by atoms with Gasteiger partial charge in [0.2, 0.25) is 0 Å². The molecule has 6 heteroatoms. The minimum absolute atomic E-state index is 0.539. The molecule has 0 aromatic carbocycles. The van der Waals surface area contributed by atoms with Crippen molar-refractivity contribution in [1.29, 1.82) is 0 Å². The fraction of sp³-hybridized carbons (Fsp3) is 0.643. The van der Waals surface area contributed by atoms with Gasteiger partial charge in [0.05, 0.1) is 11.3 Å². The Kier molecular flexibility index (Phi) is 3.70. The molecule has 2 heterocycles. The van der Waals surface area contributed by atoms with Gasteiger partial charge in [0, 0.05) is 31.7 Å². The van der Waals surface area contributed by atoms with E-state index in [1.807, 2.05) is 14.1 Å². The van der Waals surface area contributed by atoms with Crippen molar-refractivity contribution in [2.45, 2.75) is 37.8 Å². The van der Waals surface area contributed by atoms with Gasteiger partial charge in [-0.3, -0.25) is 4.40 Å². The minimum Gasteiger partial charge on any atom is -0.388 e. The van der Waals surface area contributed by atoms with E-state index in [1.54, 1.807) is 11.3 Å². The van der Waals surface area contributed by atoms with E-state index < -0.39 is 5.60 Å². The van der Waals surface area contributed by atoms with Crippen LogP contribution in [0.5, 0.6) is 0 Å². The Hall–Kier alpha value is -1.11. The second kappa shape index (κ2) is 5.35. The fourth-order valence-corrected chi connectivity index (χ4v) is 3.89. The molecule has 0 atom stereocenters. The lowest BCUT2D eigenvalue weighted by molar-refractivity contribution is 0.0558. The van der Waals surface area contributed by atoms with Crippen molar-refractivity contribution >= 4 is 22.1 Å². The lowest BCUT2D eigenvalue weighted by atomic mass is 10.0. The molecule has 0 spiro atoms. The van der Waals surface area contributed by atoms with Crippen molar-refractivity contribution in [2.24, 2.45) is 0 Å². The molecule has 110 valence electrons. The molecule has 0 saturated heterocycles. The van der Waals surface area contributed by atoms with Crippen molar-refractivity contribution in [2.75, 3.05) is 25.5 Å². The Bertz CT molecular complexity index is 585. The molecule has 20 heavy (non-hydrogen) atoms.